The van der Waals surface area contributed by atoms with Crippen LogP contribution >= 0.6 is 11.6 Å². The van der Waals surface area contributed by atoms with Crippen molar-refractivity contribution in [2.24, 2.45) is 0 Å². The summed E-state index contributed by atoms with van der Waals surface area (Å²) in [4.78, 5) is 3.75. The van der Waals surface area contributed by atoms with Gasteiger partial charge in [0.05, 0.1) is 0 Å². The van der Waals surface area contributed by atoms with Gasteiger partial charge in [-0.15, -0.1) is 0 Å². The lowest BCUT2D eigenvalue weighted by molar-refractivity contribution is -0.140. The number of alkyl halides is 3. The fourth-order valence-corrected chi connectivity index (χ4v) is 2.32. The summed E-state index contributed by atoms with van der Waals surface area (Å²) in [5.74, 6) is 0.195. The third-order valence-corrected chi connectivity index (χ3v) is 3.35. The second kappa shape index (κ2) is 5.50. The fourth-order valence-electron chi connectivity index (χ4n) is 2.13. The highest BCUT2D eigenvalue weighted by atomic mass is 35.5. The van der Waals surface area contributed by atoms with E-state index in [0.717, 1.165) is 6.20 Å². The zero-order chi connectivity index (χ0) is 15.7. The Hall–Kier alpha value is -2.27. The van der Waals surface area contributed by atoms with E-state index in [4.69, 9.17) is 11.6 Å². The first-order chi connectivity index (χ1) is 10.4. The molecule has 0 bridgehead atoms. The van der Waals surface area contributed by atoms with Gasteiger partial charge in [0.2, 0.25) is 0 Å². The minimum absolute atomic E-state index is 0.195. The van der Waals surface area contributed by atoms with Crippen LogP contribution in [0.1, 0.15) is 5.69 Å². The molecule has 0 aliphatic carbocycles. The highest BCUT2D eigenvalue weighted by molar-refractivity contribution is 6.30. The maximum atomic E-state index is 13.0. The average Bonchev–Trinajstić information content (AvgIpc) is 2.93. The molecule has 6 heteroatoms. The first kappa shape index (κ1) is 14.7. The van der Waals surface area contributed by atoms with E-state index in [1.807, 2.05) is 0 Å². The average molecular weight is 323 g/mol. The molecule has 0 unspecified atom stereocenters. The molecule has 0 aliphatic heterocycles. The molecule has 0 radical (unpaired) electrons. The zero-order valence-electron chi connectivity index (χ0n) is 11.2. The Morgan fingerprint density at radius 2 is 1.68 bits per heavy atom. The quantitative estimate of drug-likeness (QED) is 0.633. The van der Waals surface area contributed by atoms with Gasteiger partial charge in [0.1, 0.15) is 5.82 Å². The molecule has 112 valence electrons. The van der Waals surface area contributed by atoms with Gasteiger partial charge in [-0.05, 0) is 24.3 Å². The molecular formula is C16H10ClF3N2. The summed E-state index contributed by atoms with van der Waals surface area (Å²) in [5, 5.41) is 0.439. The van der Waals surface area contributed by atoms with Crippen LogP contribution in [0.2, 0.25) is 5.02 Å². The second-order valence-electron chi connectivity index (χ2n) is 4.66. The van der Waals surface area contributed by atoms with E-state index in [1.54, 1.807) is 54.6 Å². The van der Waals surface area contributed by atoms with Crippen molar-refractivity contribution in [1.82, 2.24) is 9.55 Å². The van der Waals surface area contributed by atoms with Crippen LogP contribution in [0.25, 0.3) is 17.1 Å². The lowest BCUT2D eigenvalue weighted by Crippen LogP contribution is -2.04. The van der Waals surface area contributed by atoms with Crippen LogP contribution in [0.15, 0.2) is 60.8 Å². The lowest BCUT2D eigenvalue weighted by Gasteiger charge is -2.07. The predicted octanol–water partition coefficient (Wildman–Crippen LogP) is 5.21. The molecule has 22 heavy (non-hydrogen) atoms. The Morgan fingerprint density at radius 1 is 0.955 bits per heavy atom. The summed E-state index contributed by atoms with van der Waals surface area (Å²) in [6.45, 7) is 0. The Morgan fingerprint density at radius 3 is 2.32 bits per heavy atom. The molecule has 3 rings (SSSR count). The largest absolute Gasteiger partial charge is 0.434 e. The van der Waals surface area contributed by atoms with Gasteiger partial charge in [0.25, 0.3) is 0 Å². The second-order valence-corrected chi connectivity index (χ2v) is 5.10. The van der Waals surface area contributed by atoms with Gasteiger partial charge < -0.3 is 0 Å². The van der Waals surface area contributed by atoms with Gasteiger partial charge >= 0.3 is 6.18 Å². The van der Waals surface area contributed by atoms with Crippen molar-refractivity contribution < 1.29 is 13.2 Å². The van der Waals surface area contributed by atoms with E-state index in [2.05, 4.69) is 4.98 Å². The van der Waals surface area contributed by atoms with Gasteiger partial charge in [0.15, 0.2) is 5.69 Å². The Labute approximate surface area is 129 Å². The van der Waals surface area contributed by atoms with E-state index in [1.165, 1.54) is 4.57 Å². The van der Waals surface area contributed by atoms with Crippen molar-refractivity contribution in [2.45, 2.75) is 6.18 Å². The van der Waals surface area contributed by atoms with E-state index in [9.17, 15) is 13.2 Å². The monoisotopic (exact) mass is 322 g/mol. The first-order valence-corrected chi connectivity index (χ1v) is 6.81. The van der Waals surface area contributed by atoms with Crippen LogP contribution in [0.3, 0.4) is 0 Å². The van der Waals surface area contributed by atoms with Gasteiger partial charge in [0, 0.05) is 22.5 Å². The van der Waals surface area contributed by atoms with Crippen LogP contribution in [0.5, 0.6) is 0 Å². The summed E-state index contributed by atoms with van der Waals surface area (Å²) in [5.41, 5.74) is 0.179. The molecule has 1 aromatic heterocycles. The number of rotatable bonds is 2. The highest BCUT2D eigenvalue weighted by Crippen LogP contribution is 2.33. The number of imidazole rings is 1. The van der Waals surface area contributed by atoms with Crippen LogP contribution in [0.4, 0.5) is 13.2 Å². The molecule has 0 fully saturated rings. The molecule has 0 saturated carbocycles. The molecule has 0 spiro atoms. The van der Waals surface area contributed by atoms with Crippen LogP contribution in [-0.2, 0) is 6.18 Å². The Kier molecular flexibility index (Phi) is 3.66. The zero-order valence-corrected chi connectivity index (χ0v) is 11.9. The maximum Gasteiger partial charge on any atom is 0.434 e. The normalized spacial score (nSPS) is 11.6. The number of hydrogen-bond acceptors (Lipinski definition) is 1. The SMILES string of the molecule is FC(F)(F)c1cn(-c2ccccc2)c(-c2cccc(Cl)c2)n1. The standard InChI is InChI=1S/C16H10ClF3N2/c17-12-6-4-5-11(9-12)15-21-14(16(18,19)20)10-22(15)13-7-2-1-3-8-13/h1-10H. The van der Waals surface area contributed by atoms with Gasteiger partial charge in [-0.1, -0.05) is 41.9 Å². The Bertz CT molecular complexity index is 795. The summed E-state index contributed by atoms with van der Waals surface area (Å²) >= 11 is 5.93. The number of halogens is 4. The molecule has 0 atom stereocenters. The van der Waals surface area contributed by atoms with Crippen LogP contribution in [0, 0.1) is 0 Å². The van der Waals surface area contributed by atoms with E-state index >= 15 is 0 Å². The fraction of sp³-hybridized carbons (Fsp3) is 0.0625. The van der Waals surface area contributed by atoms with Crippen molar-refractivity contribution in [3.63, 3.8) is 0 Å². The van der Waals surface area contributed by atoms with Gasteiger partial charge in [-0.3, -0.25) is 4.57 Å². The Balaban J connectivity index is 2.22. The number of hydrogen-bond donors (Lipinski definition) is 0. The minimum Gasteiger partial charge on any atom is -0.299 e. The van der Waals surface area contributed by atoms with Gasteiger partial charge in [-0.25, -0.2) is 4.98 Å². The number of nitrogens with zero attached hydrogens (tertiary/aromatic N) is 2. The van der Waals surface area contributed by atoms with Gasteiger partial charge in [-0.2, -0.15) is 13.2 Å². The van der Waals surface area contributed by atoms with E-state index in [-0.39, 0.29) is 5.82 Å². The van der Waals surface area contributed by atoms with E-state index < -0.39 is 11.9 Å². The third kappa shape index (κ3) is 2.85. The summed E-state index contributed by atoms with van der Waals surface area (Å²) in [6.07, 6.45) is -3.51. The van der Waals surface area contributed by atoms with E-state index in [0.29, 0.717) is 16.3 Å². The summed E-state index contributed by atoms with van der Waals surface area (Å²) < 4.78 is 40.4. The summed E-state index contributed by atoms with van der Waals surface area (Å²) in [6, 6.07) is 15.3. The molecule has 1 heterocycles. The van der Waals surface area contributed by atoms with Crippen LogP contribution in [-0.4, -0.2) is 9.55 Å². The molecule has 2 nitrogen and oxygen atoms in total. The molecule has 0 N–H and O–H groups in total. The highest BCUT2D eigenvalue weighted by Gasteiger charge is 2.35. The molecule has 0 saturated heterocycles. The lowest BCUT2D eigenvalue weighted by atomic mass is 10.2. The number of benzene rings is 2. The third-order valence-electron chi connectivity index (χ3n) is 3.11. The van der Waals surface area contributed by atoms with Crippen molar-refractivity contribution in [3.8, 4) is 17.1 Å². The van der Waals surface area contributed by atoms with Crippen LogP contribution < -0.4 is 0 Å². The molecule has 2 aromatic carbocycles. The molecule has 0 amide bonds. The maximum absolute atomic E-state index is 13.0. The topological polar surface area (TPSA) is 17.8 Å². The molecule has 3 aromatic rings. The summed E-state index contributed by atoms with van der Waals surface area (Å²) in [7, 11) is 0. The smallest absolute Gasteiger partial charge is 0.299 e. The van der Waals surface area contributed by atoms with Crippen molar-refractivity contribution in [2.75, 3.05) is 0 Å². The predicted molar refractivity (Wildman–Crippen MR) is 79.0 cm³/mol. The van der Waals surface area contributed by atoms with Crippen molar-refractivity contribution in [3.05, 3.63) is 71.5 Å². The van der Waals surface area contributed by atoms with Crippen molar-refractivity contribution in [1.29, 1.82) is 0 Å². The molecule has 0 aliphatic rings. The number of aromatic nitrogens is 2. The van der Waals surface area contributed by atoms with Crippen molar-refractivity contribution >= 4 is 11.6 Å². The minimum atomic E-state index is -4.51. The number of para-hydroxylation sites is 1. The molecular weight excluding hydrogens is 313 g/mol. The first-order valence-electron chi connectivity index (χ1n) is 6.43.